The van der Waals surface area contributed by atoms with Gasteiger partial charge in [0.25, 0.3) is 0 Å². The summed E-state index contributed by atoms with van der Waals surface area (Å²) in [5.74, 6) is -0.413. The molecule has 0 spiro atoms. The van der Waals surface area contributed by atoms with E-state index in [0.717, 1.165) is 17.0 Å². The van der Waals surface area contributed by atoms with Crippen molar-refractivity contribution in [2.45, 2.75) is 33.3 Å². The van der Waals surface area contributed by atoms with Crippen molar-refractivity contribution in [3.05, 3.63) is 47.7 Å². The zero-order chi connectivity index (χ0) is 15.6. The van der Waals surface area contributed by atoms with E-state index in [0.29, 0.717) is 11.3 Å². The lowest BCUT2D eigenvalue weighted by atomic mass is 10.1. The van der Waals surface area contributed by atoms with Gasteiger partial charge in [0.1, 0.15) is 5.60 Å². The van der Waals surface area contributed by atoms with Crippen LogP contribution in [0.15, 0.2) is 36.4 Å². The van der Waals surface area contributed by atoms with Gasteiger partial charge in [-0.1, -0.05) is 12.1 Å². The van der Waals surface area contributed by atoms with Gasteiger partial charge in [-0.25, -0.2) is 4.79 Å². The molecule has 4 nitrogen and oxygen atoms in total. The second-order valence-electron chi connectivity index (χ2n) is 5.97. The number of aryl methyl sites for hydroxylation is 1. The topological polar surface area (TPSA) is 65.2 Å². The van der Waals surface area contributed by atoms with E-state index in [4.69, 9.17) is 10.5 Å². The first-order chi connectivity index (χ1) is 9.76. The molecule has 1 aromatic heterocycles. The molecule has 2 aromatic rings. The molecular weight excluding hydrogens is 264 g/mol. The molecule has 1 heterocycles. The van der Waals surface area contributed by atoms with Crippen LogP contribution >= 0.6 is 0 Å². The van der Waals surface area contributed by atoms with Crippen LogP contribution in [-0.2, 0) is 4.74 Å². The fourth-order valence-electron chi connectivity index (χ4n) is 1.94. The SMILES string of the molecule is Cc1cccc(-c2ccc(C(=O)OC(C)(C)C)c(N)c2)n1. The number of benzene rings is 1. The number of hydrogen-bond donors (Lipinski definition) is 1. The van der Waals surface area contributed by atoms with Gasteiger partial charge in [-0.05, 0) is 52.0 Å². The fourth-order valence-corrected chi connectivity index (χ4v) is 1.94. The van der Waals surface area contributed by atoms with Crippen molar-refractivity contribution in [2.75, 3.05) is 5.73 Å². The lowest BCUT2D eigenvalue weighted by Crippen LogP contribution is -2.24. The van der Waals surface area contributed by atoms with E-state index in [1.165, 1.54) is 0 Å². The van der Waals surface area contributed by atoms with E-state index < -0.39 is 11.6 Å². The summed E-state index contributed by atoms with van der Waals surface area (Å²) in [6.45, 7) is 7.41. The Balaban J connectivity index is 2.32. The summed E-state index contributed by atoms with van der Waals surface area (Å²) in [5, 5.41) is 0. The molecule has 0 amide bonds. The third-order valence-corrected chi connectivity index (χ3v) is 2.85. The number of carbonyl (C=O) groups is 1. The molecule has 4 heteroatoms. The molecule has 0 bridgehead atoms. The number of pyridine rings is 1. The summed E-state index contributed by atoms with van der Waals surface area (Å²) in [7, 11) is 0. The Morgan fingerprint density at radius 3 is 2.48 bits per heavy atom. The van der Waals surface area contributed by atoms with Crippen LogP contribution in [0.4, 0.5) is 5.69 Å². The molecule has 2 rings (SSSR count). The maximum absolute atomic E-state index is 12.1. The van der Waals surface area contributed by atoms with E-state index in [9.17, 15) is 4.79 Å². The highest BCUT2D eigenvalue weighted by Crippen LogP contribution is 2.24. The second-order valence-corrected chi connectivity index (χ2v) is 5.97. The van der Waals surface area contributed by atoms with E-state index in [2.05, 4.69) is 4.98 Å². The van der Waals surface area contributed by atoms with Crippen LogP contribution in [0, 0.1) is 6.92 Å². The smallest absolute Gasteiger partial charge is 0.340 e. The van der Waals surface area contributed by atoms with Crippen LogP contribution in [-0.4, -0.2) is 16.6 Å². The Kier molecular flexibility index (Phi) is 3.98. The van der Waals surface area contributed by atoms with Crippen molar-refractivity contribution in [1.82, 2.24) is 4.98 Å². The summed E-state index contributed by atoms with van der Waals surface area (Å²) in [5.41, 5.74) is 8.86. The maximum Gasteiger partial charge on any atom is 0.340 e. The molecule has 0 atom stereocenters. The number of nitrogens with zero attached hydrogens (tertiary/aromatic N) is 1. The van der Waals surface area contributed by atoms with Crippen LogP contribution in [0.5, 0.6) is 0 Å². The van der Waals surface area contributed by atoms with Gasteiger partial charge in [-0.3, -0.25) is 4.98 Å². The number of nitrogen functional groups attached to an aromatic ring is 1. The highest BCUT2D eigenvalue weighted by Gasteiger charge is 2.20. The fraction of sp³-hybridized carbons (Fsp3) is 0.294. The molecule has 0 aliphatic rings. The lowest BCUT2D eigenvalue weighted by molar-refractivity contribution is 0.00708. The van der Waals surface area contributed by atoms with Gasteiger partial charge in [-0.2, -0.15) is 0 Å². The predicted octanol–water partition coefficient (Wildman–Crippen LogP) is 3.59. The normalized spacial score (nSPS) is 11.2. The quantitative estimate of drug-likeness (QED) is 0.676. The maximum atomic E-state index is 12.1. The molecular formula is C17H20N2O2. The summed E-state index contributed by atoms with van der Waals surface area (Å²) in [4.78, 5) is 16.5. The zero-order valence-electron chi connectivity index (χ0n) is 12.8. The molecule has 0 aliphatic carbocycles. The molecule has 0 saturated carbocycles. The van der Waals surface area contributed by atoms with Crippen molar-refractivity contribution in [2.24, 2.45) is 0 Å². The number of ether oxygens (including phenoxy) is 1. The Morgan fingerprint density at radius 1 is 1.19 bits per heavy atom. The van der Waals surface area contributed by atoms with E-state index >= 15 is 0 Å². The van der Waals surface area contributed by atoms with E-state index in [-0.39, 0.29) is 0 Å². The Bertz CT molecular complexity index is 673. The van der Waals surface area contributed by atoms with Gasteiger partial charge >= 0.3 is 5.97 Å². The molecule has 21 heavy (non-hydrogen) atoms. The monoisotopic (exact) mass is 284 g/mol. The lowest BCUT2D eigenvalue weighted by Gasteiger charge is -2.20. The van der Waals surface area contributed by atoms with Gasteiger partial charge in [-0.15, -0.1) is 0 Å². The molecule has 110 valence electrons. The largest absolute Gasteiger partial charge is 0.456 e. The minimum Gasteiger partial charge on any atom is -0.456 e. The van der Waals surface area contributed by atoms with Crippen LogP contribution in [0.1, 0.15) is 36.8 Å². The van der Waals surface area contributed by atoms with Crippen LogP contribution in [0.2, 0.25) is 0 Å². The van der Waals surface area contributed by atoms with Crippen molar-refractivity contribution in [3.63, 3.8) is 0 Å². The van der Waals surface area contributed by atoms with Crippen LogP contribution in [0.3, 0.4) is 0 Å². The first kappa shape index (κ1) is 15.0. The van der Waals surface area contributed by atoms with Crippen LogP contribution in [0.25, 0.3) is 11.3 Å². The molecule has 0 radical (unpaired) electrons. The first-order valence-corrected chi connectivity index (χ1v) is 6.83. The van der Waals surface area contributed by atoms with Gasteiger partial charge < -0.3 is 10.5 Å². The zero-order valence-corrected chi connectivity index (χ0v) is 12.8. The number of rotatable bonds is 2. The minimum absolute atomic E-state index is 0.376. The standard InChI is InChI=1S/C17H20N2O2/c1-11-6-5-7-15(19-11)12-8-9-13(14(18)10-12)16(20)21-17(2,3)4/h5-10H,18H2,1-4H3. The molecule has 0 unspecified atom stereocenters. The molecule has 2 N–H and O–H groups in total. The summed E-state index contributed by atoms with van der Waals surface area (Å²) in [6, 6.07) is 11.0. The molecule has 0 saturated heterocycles. The van der Waals surface area contributed by atoms with Gasteiger partial charge in [0.2, 0.25) is 0 Å². The Morgan fingerprint density at radius 2 is 1.90 bits per heavy atom. The highest BCUT2D eigenvalue weighted by atomic mass is 16.6. The van der Waals surface area contributed by atoms with Gasteiger partial charge in [0.05, 0.1) is 11.3 Å². The highest BCUT2D eigenvalue weighted by molar-refractivity contribution is 5.96. The third kappa shape index (κ3) is 3.81. The van der Waals surface area contributed by atoms with E-state index in [1.54, 1.807) is 12.1 Å². The van der Waals surface area contributed by atoms with Crippen molar-refractivity contribution in [1.29, 1.82) is 0 Å². The van der Waals surface area contributed by atoms with Gasteiger partial charge in [0.15, 0.2) is 0 Å². The number of nitrogens with two attached hydrogens (primary N) is 1. The van der Waals surface area contributed by atoms with Crippen LogP contribution < -0.4 is 5.73 Å². The Hall–Kier alpha value is -2.36. The van der Waals surface area contributed by atoms with Crippen molar-refractivity contribution >= 4 is 11.7 Å². The summed E-state index contributed by atoms with van der Waals surface area (Å²) >= 11 is 0. The predicted molar refractivity (Wildman–Crippen MR) is 84.0 cm³/mol. The average Bonchev–Trinajstić information content (AvgIpc) is 2.36. The second kappa shape index (κ2) is 5.56. The summed E-state index contributed by atoms with van der Waals surface area (Å²) < 4.78 is 5.33. The first-order valence-electron chi connectivity index (χ1n) is 6.83. The number of esters is 1. The van der Waals surface area contributed by atoms with Crippen molar-refractivity contribution < 1.29 is 9.53 Å². The number of aromatic nitrogens is 1. The number of anilines is 1. The van der Waals surface area contributed by atoms with E-state index in [1.807, 2.05) is 52.0 Å². The molecule has 0 aliphatic heterocycles. The average molecular weight is 284 g/mol. The Labute approximate surface area is 125 Å². The molecule has 0 fully saturated rings. The summed E-state index contributed by atoms with van der Waals surface area (Å²) in [6.07, 6.45) is 0. The minimum atomic E-state index is -0.541. The van der Waals surface area contributed by atoms with Crippen molar-refractivity contribution in [3.8, 4) is 11.3 Å². The number of carbonyl (C=O) groups excluding carboxylic acids is 1. The number of hydrogen-bond acceptors (Lipinski definition) is 4. The molecule has 1 aromatic carbocycles. The third-order valence-electron chi connectivity index (χ3n) is 2.85. The van der Waals surface area contributed by atoms with Gasteiger partial charge in [0, 0.05) is 16.9 Å².